The number of carbonyl (C=O) groups excluding carboxylic acids is 1. The van der Waals surface area contributed by atoms with Gasteiger partial charge in [-0.2, -0.15) is 0 Å². The van der Waals surface area contributed by atoms with Crippen LogP contribution in [0.15, 0.2) is 36.7 Å². The van der Waals surface area contributed by atoms with Gasteiger partial charge in [-0.15, -0.1) is 0 Å². The maximum absolute atomic E-state index is 12.0. The number of hydrogen-bond acceptors (Lipinski definition) is 6. The van der Waals surface area contributed by atoms with Crippen LogP contribution in [0.25, 0.3) is 0 Å². The van der Waals surface area contributed by atoms with Crippen LogP contribution in [0.5, 0.6) is 0 Å². The number of carbonyl (C=O) groups is 1. The van der Waals surface area contributed by atoms with Gasteiger partial charge >= 0.3 is 5.97 Å². The molecule has 6 heteroatoms. The largest absolute Gasteiger partial charge is 0.467 e. The number of hydrogen-bond donors (Lipinski definition) is 2. The molecular weight excluding hydrogens is 268 g/mol. The molecule has 0 amide bonds. The second-order valence-corrected chi connectivity index (χ2v) is 4.45. The molecule has 1 aromatic heterocycles. The Morgan fingerprint density at radius 2 is 2.05 bits per heavy atom. The van der Waals surface area contributed by atoms with E-state index in [4.69, 9.17) is 10.5 Å². The predicted molar refractivity (Wildman–Crippen MR) is 80.6 cm³/mol. The van der Waals surface area contributed by atoms with Crippen molar-refractivity contribution >= 4 is 17.6 Å². The number of aromatic nitrogens is 2. The van der Waals surface area contributed by atoms with Crippen molar-refractivity contribution in [1.82, 2.24) is 9.97 Å². The monoisotopic (exact) mass is 286 g/mol. The van der Waals surface area contributed by atoms with E-state index in [0.717, 1.165) is 11.1 Å². The molecule has 0 spiro atoms. The van der Waals surface area contributed by atoms with Crippen LogP contribution in [0.2, 0.25) is 0 Å². The van der Waals surface area contributed by atoms with Gasteiger partial charge in [0.2, 0.25) is 0 Å². The Hall–Kier alpha value is -2.63. The van der Waals surface area contributed by atoms with Gasteiger partial charge in [0.1, 0.15) is 18.0 Å². The lowest BCUT2D eigenvalue weighted by atomic mass is 10.1. The second-order valence-electron chi connectivity index (χ2n) is 4.45. The van der Waals surface area contributed by atoms with Crippen molar-refractivity contribution in [3.8, 4) is 0 Å². The molecule has 3 N–H and O–H groups in total. The van der Waals surface area contributed by atoms with Crippen LogP contribution in [0.4, 0.5) is 11.6 Å². The SMILES string of the molecule is CCc1c(N)ncnc1NC(C(=O)OC)c1ccccc1. The standard InChI is InChI=1S/C15H18N4O2/c1-3-11-13(16)17-9-18-14(11)19-12(15(20)21-2)10-7-5-4-6-8-10/h4-9,12H,3H2,1-2H3,(H3,16,17,18,19). The fraction of sp³-hybridized carbons (Fsp3) is 0.267. The summed E-state index contributed by atoms with van der Waals surface area (Å²) >= 11 is 0. The molecule has 0 saturated heterocycles. The third kappa shape index (κ3) is 3.28. The summed E-state index contributed by atoms with van der Waals surface area (Å²) in [5, 5.41) is 3.10. The molecule has 2 aromatic rings. The number of esters is 1. The molecule has 0 aliphatic heterocycles. The van der Waals surface area contributed by atoms with Crippen molar-refractivity contribution in [2.75, 3.05) is 18.2 Å². The minimum Gasteiger partial charge on any atom is -0.467 e. The molecule has 0 fully saturated rings. The van der Waals surface area contributed by atoms with Crippen LogP contribution in [0.1, 0.15) is 24.1 Å². The number of nitrogen functional groups attached to an aromatic ring is 1. The van der Waals surface area contributed by atoms with E-state index in [-0.39, 0.29) is 5.97 Å². The van der Waals surface area contributed by atoms with E-state index in [0.29, 0.717) is 18.1 Å². The van der Waals surface area contributed by atoms with Crippen LogP contribution >= 0.6 is 0 Å². The molecule has 2 rings (SSSR count). The molecule has 21 heavy (non-hydrogen) atoms. The fourth-order valence-electron chi connectivity index (χ4n) is 2.08. The lowest BCUT2D eigenvalue weighted by Gasteiger charge is -2.19. The Kier molecular flexibility index (Phi) is 4.71. The summed E-state index contributed by atoms with van der Waals surface area (Å²) in [5.74, 6) is 0.566. The average Bonchev–Trinajstić information content (AvgIpc) is 2.53. The van der Waals surface area contributed by atoms with Gasteiger partial charge in [0.15, 0.2) is 6.04 Å². The van der Waals surface area contributed by atoms with Gasteiger partial charge < -0.3 is 15.8 Å². The maximum atomic E-state index is 12.0. The molecule has 0 aliphatic rings. The van der Waals surface area contributed by atoms with Crippen molar-refractivity contribution in [1.29, 1.82) is 0 Å². The first-order valence-corrected chi connectivity index (χ1v) is 6.66. The number of anilines is 2. The number of methoxy groups -OCH3 is 1. The molecule has 0 radical (unpaired) electrons. The normalized spacial score (nSPS) is 11.7. The maximum Gasteiger partial charge on any atom is 0.333 e. The lowest BCUT2D eigenvalue weighted by molar-refractivity contribution is -0.141. The van der Waals surface area contributed by atoms with E-state index in [2.05, 4.69) is 15.3 Å². The molecule has 1 unspecified atom stereocenters. The number of nitrogens with one attached hydrogen (secondary N) is 1. The second kappa shape index (κ2) is 6.69. The Morgan fingerprint density at radius 1 is 1.33 bits per heavy atom. The third-order valence-corrected chi connectivity index (χ3v) is 3.18. The fourth-order valence-corrected chi connectivity index (χ4v) is 2.08. The van der Waals surface area contributed by atoms with Crippen LogP contribution < -0.4 is 11.1 Å². The number of benzene rings is 1. The summed E-state index contributed by atoms with van der Waals surface area (Å²) in [5.41, 5.74) is 7.42. The minimum atomic E-state index is -0.643. The van der Waals surface area contributed by atoms with Crippen molar-refractivity contribution in [3.05, 3.63) is 47.8 Å². The average molecular weight is 286 g/mol. The van der Waals surface area contributed by atoms with Crippen LogP contribution in [0, 0.1) is 0 Å². The van der Waals surface area contributed by atoms with E-state index in [1.807, 2.05) is 37.3 Å². The molecule has 1 atom stereocenters. The minimum absolute atomic E-state index is 0.388. The Bertz CT molecular complexity index is 616. The molecule has 1 aromatic carbocycles. The highest BCUT2D eigenvalue weighted by molar-refractivity contribution is 5.81. The van der Waals surface area contributed by atoms with Crippen LogP contribution in [-0.2, 0) is 16.0 Å². The van der Waals surface area contributed by atoms with Gasteiger partial charge in [-0.3, -0.25) is 0 Å². The first-order valence-electron chi connectivity index (χ1n) is 6.66. The lowest BCUT2D eigenvalue weighted by Crippen LogP contribution is -2.23. The zero-order valence-electron chi connectivity index (χ0n) is 12.0. The summed E-state index contributed by atoms with van der Waals surface area (Å²) in [6.07, 6.45) is 2.04. The molecule has 1 heterocycles. The number of nitrogens with zero attached hydrogens (tertiary/aromatic N) is 2. The Morgan fingerprint density at radius 3 is 2.67 bits per heavy atom. The Balaban J connectivity index is 2.37. The highest BCUT2D eigenvalue weighted by atomic mass is 16.5. The summed E-state index contributed by atoms with van der Waals surface area (Å²) in [6.45, 7) is 1.95. The number of rotatable bonds is 5. The zero-order valence-corrected chi connectivity index (χ0v) is 12.0. The number of ether oxygens (including phenoxy) is 1. The van der Waals surface area contributed by atoms with Gasteiger partial charge in [0.05, 0.1) is 7.11 Å². The van der Waals surface area contributed by atoms with Crippen molar-refractivity contribution in [3.63, 3.8) is 0 Å². The van der Waals surface area contributed by atoms with Crippen molar-refractivity contribution in [2.45, 2.75) is 19.4 Å². The smallest absolute Gasteiger partial charge is 0.333 e. The van der Waals surface area contributed by atoms with Crippen LogP contribution in [0.3, 0.4) is 0 Å². The summed E-state index contributed by atoms with van der Waals surface area (Å²) in [4.78, 5) is 20.2. The summed E-state index contributed by atoms with van der Waals surface area (Å²) < 4.78 is 4.87. The number of nitrogens with two attached hydrogens (primary N) is 1. The molecular formula is C15H18N4O2. The molecule has 110 valence electrons. The zero-order chi connectivity index (χ0) is 15.2. The highest BCUT2D eigenvalue weighted by Crippen LogP contribution is 2.24. The quantitative estimate of drug-likeness (QED) is 0.816. The van der Waals surface area contributed by atoms with E-state index in [9.17, 15) is 4.79 Å². The van der Waals surface area contributed by atoms with Crippen molar-refractivity contribution < 1.29 is 9.53 Å². The van der Waals surface area contributed by atoms with Crippen molar-refractivity contribution in [2.24, 2.45) is 0 Å². The van der Waals surface area contributed by atoms with E-state index < -0.39 is 6.04 Å². The highest BCUT2D eigenvalue weighted by Gasteiger charge is 2.23. The van der Waals surface area contributed by atoms with Gasteiger partial charge in [0, 0.05) is 5.56 Å². The molecule has 6 nitrogen and oxygen atoms in total. The first-order chi connectivity index (χ1) is 10.2. The molecule has 0 bridgehead atoms. The summed E-state index contributed by atoms with van der Waals surface area (Å²) in [6, 6.07) is 8.67. The Labute approximate surface area is 123 Å². The third-order valence-electron chi connectivity index (χ3n) is 3.18. The van der Waals surface area contributed by atoms with E-state index in [1.54, 1.807) is 0 Å². The molecule has 0 saturated carbocycles. The van der Waals surface area contributed by atoms with E-state index >= 15 is 0 Å². The first kappa shape index (κ1) is 14.8. The van der Waals surface area contributed by atoms with E-state index in [1.165, 1.54) is 13.4 Å². The van der Waals surface area contributed by atoms with Gasteiger partial charge in [0.25, 0.3) is 0 Å². The molecule has 0 aliphatic carbocycles. The van der Waals surface area contributed by atoms with Gasteiger partial charge in [-0.25, -0.2) is 14.8 Å². The van der Waals surface area contributed by atoms with Gasteiger partial charge in [-0.05, 0) is 12.0 Å². The van der Waals surface area contributed by atoms with Gasteiger partial charge in [-0.1, -0.05) is 37.3 Å². The summed E-state index contributed by atoms with van der Waals surface area (Å²) in [7, 11) is 1.36. The topological polar surface area (TPSA) is 90.1 Å². The predicted octanol–water partition coefficient (Wildman–Crippen LogP) is 1.95. The van der Waals surface area contributed by atoms with Crippen LogP contribution in [-0.4, -0.2) is 23.0 Å².